The van der Waals surface area contributed by atoms with E-state index in [4.69, 9.17) is 16.4 Å². The molecule has 146 valence electrons. The van der Waals surface area contributed by atoms with Gasteiger partial charge in [-0.1, -0.05) is 32.0 Å². The standard InChI is InChI=1S/C20H25N7O/c1-3-13(2)20(28)26-19-17(9-6-10-27(21)22)25-18(12-24-19)15-11-23-16-8-5-4-7-14(15)16/h4-5,7-8,11-13H,3,6,9-10,21-22H2,1-2H3/p+1. The van der Waals surface area contributed by atoms with Crippen LogP contribution in [0.4, 0.5) is 5.82 Å². The highest BCUT2D eigenvalue weighted by molar-refractivity contribution is 5.95. The van der Waals surface area contributed by atoms with E-state index in [1.54, 1.807) is 6.20 Å². The first-order chi connectivity index (χ1) is 13.5. The number of carbonyl (C=O) groups excluding carboxylic acids is 1. The fraction of sp³-hybridized carbons (Fsp3) is 0.350. The minimum atomic E-state index is -0.101. The van der Waals surface area contributed by atoms with Crippen molar-refractivity contribution in [3.63, 3.8) is 0 Å². The lowest BCUT2D eigenvalue weighted by Crippen LogP contribution is -2.22. The number of H-pyrrole nitrogens is 1. The van der Waals surface area contributed by atoms with Crippen molar-refractivity contribution in [2.75, 3.05) is 11.9 Å². The number of carbonyl (C=O) groups is 1. The molecule has 28 heavy (non-hydrogen) atoms. The Morgan fingerprint density at radius 1 is 1.39 bits per heavy atom. The molecule has 0 aliphatic heterocycles. The zero-order valence-electron chi connectivity index (χ0n) is 16.2. The number of aryl methyl sites for hydroxylation is 1. The number of nitrogens with two attached hydrogens (primary N) is 1. The van der Waals surface area contributed by atoms with Crippen LogP contribution in [0.5, 0.6) is 0 Å². The predicted molar refractivity (Wildman–Crippen MR) is 108 cm³/mol. The predicted octanol–water partition coefficient (Wildman–Crippen LogP) is 3.46. The summed E-state index contributed by atoms with van der Waals surface area (Å²) in [6, 6.07) is 8.01. The molecule has 1 aromatic carbocycles. The zero-order chi connectivity index (χ0) is 20.1. The zero-order valence-corrected chi connectivity index (χ0v) is 16.2. The molecule has 0 aliphatic rings. The van der Waals surface area contributed by atoms with Gasteiger partial charge in [0.25, 0.3) is 0 Å². The molecule has 1 atom stereocenters. The summed E-state index contributed by atoms with van der Waals surface area (Å²) in [5.41, 5.74) is 10.8. The summed E-state index contributed by atoms with van der Waals surface area (Å²) in [5.74, 6) is 5.70. The molecule has 2 heterocycles. The number of fused-ring (bicyclic) bond motifs is 1. The number of nitrogens with zero attached hydrogens (tertiary/aromatic N) is 3. The van der Waals surface area contributed by atoms with Crippen molar-refractivity contribution in [2.24, 2.45) is 11.8 Å². The van der Waals surface area contributed by atoms with Crippen molar-refractivity contribution < 1.29 is 9.60 Å². The van der Waals surface area contributed by atoms with E-state index in [0.717, 1.165) is 33.4 Å². The Balaban J connectivity index is 1.94. The summed E-state index contributed by atoms with van der Waals surface area (Å²) < 4.78 is 0. The maximum atomic E-state index is 12.3. The molecule has 0 bridgehead atoms. The normalized spacial score (nSPS) is 12.1. The Bertz CT molecular complexity index is 995. The number of hydrogen-bond donors (Lipinski definition) is 4. The van der Waals surface area contributed by atoms with Crippen molar-refractivity contribution in [1.82, 2.24) is 15.0 Å². The average Bonchev–Trinajstić information content (AvgIpc) is 3.12. The first kappa shape index (κ1) is 19.5. The minimum absolute atomic E-state index is 0.0705. The molecule has 1 amide bonds. The van der Waals surface area contributed by atoms with Crippen LogP contribution < -0.4 is 11.2 Å². The van der Waals surface area contributed by atoms with Gasteiger partial charge in [0.15, 0.2) is 12.4 Å². The summed E-state index contributed by atoms with van der Waals surface area (Å²) in [7, 11) is 0. The van der Waals surface area contributed by atoms with Crippen LogP contribution in [0.25, 0.3) is 22.2 Å². The van der Waals surface area contributed by atoms with Crippen LogP contribution in [0.2, 0.25) is 0 Å². The summed E-state index contributed by atoms with van der Waals surface area (Å²) >= 11 is 0. The second-order valence-electron chi connectivity index (χ2n) is 6.89. The first-order valence-corrected chi connectivity index (χ1v) is 9.46. The van der Waals surface area contributed by atoms with Gasteiger partial charge in [-0.2, -0.15) is 5.84 Å². The summed E-state index contributed by atoms with van der Waals surface area (Å²) in [6.45, 7) is 4.26. The molecular formula is C20H26N7O+. The molecule has 0 saturated carbocycles. The molecule has 0 aliphatic carbocycles. The Kier molecular flexibility index (Phi) is 5.98. The van der Waals surface area contributed by atoms with Crippen molar-refractivity contribution in [1.29, 1.82) is 5.53 Å². The van der Waals surface area contributed by atoms with Crippen LogP contribution in [0, 0.1) is 11.4 Å². The van der Waals surface area contributed by atoms with Crippen LogP contribution in [0.3, 0.4) is 0 Å². The highest BCUT2D eigenvalue weighted by atomic mass is 16.1. The van der Waals surface area contributed by atoms with E-state index >= 15 is 0 Å². The van der Waals surface area contributed by atoms with Gasteiger partial charge in [-0.15, -0.1) is 0 Å². The van der Waals surface area contributed by atoms with E-state index in [9.17, 15) is 4.79 Å². The largest absolute Gasteiger partial charge is 0.360 e. The molecular weight excluding hydrogens is 354 g/mol. The van der Waals surface area contributed by atoms with Gasteiger partial charge in [0.1, 0.15) is 0 Å². The number of para-hydroxylation sites is 1. The molecule has 0 radical (unpaired) electrons. The molecule has 0 saturated heterocycles. The maximum Gasteiger partial charge on any atom is 0.228 e. The Morgan fingerprint density at radius 2 is 2.18 bits per heavy atom. The fourth-order valence-corrected chi connectivity index (χ4v) is 2.96. The monoisotopic (exact) mass is 380 g/mol. The number of amides is 1. The molecule has 2 aromatic heterocycles. The highest BCUT2D eigenvalue weighted by Crippen LogP contribution is 2.28. The van der Waals surface area contributed by atoms with Crippen LogP contribution in [-0.2, 0) is 11.2 Å². The second-order valence-corrected chi connectivity index (χ2v) is 6.89. The average molecular weight is 380 g/mol. The van der Waals surface area contributed by atoms with Crippen LogP contribution in [-0.4, -0.2) is 32.2 Å². The third-order valence-corrected chi connectivity index (χ3v) is 4.82. The highest BCUT2D eigenvalue weighted by Gasteiger charge is 2.17. The number of aromatic nitrogens is 3. The Labute approximate surface area is 163 Å². The van der Waals surface area contributed by atoms with E-state index in [1.165, 1.54) is 0 Å². The van der Waals surface area contributed by atoms with Gasteiger partial charge in [0.2, 0.25) is 5.91 Å². The maximum absolute atomic E-state index is 12.3. The van der Waals surface area contributed by atoms with Gasteiger partial charge in [-0.25, -0.2) is 9.97 Å². The van der Waals surface area contributed by atoms with Crippen molar-refractivity contribution in [3.05, 3.63) is 42.4 Å². The van der Waals surface area contributed by atoms with E-state index in [1.807, 2.05) is 44.3 Å². The van der Waals surface area contributed by atoms with Crippen molar-refractivity contribution >= 4 is 22.6 Å². The smallest absolute Gasteiger partial charge is 0.228 e. The third-order valence-electron chi connectivity index (χ3n) is 4.82. The summed E-state index contributed by atoms with van der Waals surface area (Å²) in [4.78, 5) is 25.7. The molecule has 5 N–H and O–H groups in total. The van der Waals surface area contributed by atoms with Crippen molar-refractivity contribution in [2.45, 2.75) is 33.1 Å². The van der Waals surface area contributed by atoms with Crippen LogP contribution in [0.15, 0.2) is 36.7 Å². The summed E-state index contributed by atoms with van der Waals surface area (Å²) in [5, 5.41) is 3.96. The molecule has 1 unspecified atom stereocenters. The lowest BCUT2D eigenvalue weighted by Gasteiger charge is -2.13. The number of benzene rings is 1. The molecule has 8 nitrogen and oxygen atoms in total. The topological polar surface area (TPSA) is 124 Å². The molecule has 8 heteroatoms. The van der Waals surface area contributed by atoms with Crippen molar-refractivity contribution in [3.8, 4) is 11.3 Å². The number of anilines is 1. The number of rotatable bonds is 8. The van der Waals surface area contributed by atoms with Gasteiger partial charge >= 0.3 is 0 Å². The van der Waals surface area contributed by atoms with E-state index in [2.05, 4.69) is 15.3 Å². The van der Waals surface area contributed by atoms with Crippen LogP contribution in [0.1, 0.15) is 32.4 Å². The minimum Gasteiger partial charge on any atom is -0.360 e. The van der Waals surface area contributed by atoms with E-state index in [0.29, 0.717) is 30.9 Å². The van der Waals surface area contributed by atoms with Gasteiger partial charge in [0, 0.05) is 35.0 Å². The number of aromatic amines is 1. The number of hydrazine groups is 1. The molecule has 0 fully saturated rings. The third kappa shape index (κ3) is 4.33. The second kappa shape index (κ2) is 8.60. The van der Waals surface area contributed by atoms with E-state index in [-0.39, 0.29) is 11.8 Å². The molecule has 3 aromatic rings. The quantitative estimate of drug-likeness (QED) is 0.207. The number of nitrogens with one attached hydrogen (secondary N) is 3. The van der Waals surface area contributed by atoms with Gasteiger partial charge < -0.3 is 10.3 Å². The van der Waals surface area contributed by atoms with Crippen LogP contribution >= 0.6 is 0 Å². The Morgan fingerprint density at radius 3 is 2.93 bits per heavy atom. The Hall–Kier alpha value is -3.29. The first-order valence-electron chi connectivity index (χ1n) is 9.46. The van der Waals surface area contributed by atoms with Gasteiger partial charge in [-0.05, 0) is 29.2 Å². The number of hydrogen-bond acceptors (Lipinski definition) is 4. The SMILES string of the molecule is CCC(C)C(=O)Nc1ncc(-c2c[nH]c3ccccc23)nc1CCC[N+](=N)N. The lowest BCUT2D eigenvalue weighted by atomic mass is 10.1. The van der Waals surface area contributed by atoms with Gasteiger partial charge in [-0.3, -0.25) is 4.79 Å². The van der Waals surface area contributed by atoms with Gasteiger partial charge in [0.05, 0.1) is 17.6 Å². The molecule has 0 spiro atoms. The lowest BCUT2D eigenvalue weighted by molar-refractivity contribution is -0.626. The summed E-state index contributed by atoms with van der Waals surface area (Å²) in [6.07, 6.45) is 5.56. The van der Waals surface area contributed by atoms with E-state index < -0.39 is 0 Å². The fourth-order valence-electron chi connectivity index (χ4n) is 2.96. The molecule has 3 rings (SSSR count).